The molecule has 132 valence electrons. The highest BCUT2D eigenvalue weighted by Gasteiger charge is 2.61. The van der Waals surface area contributed by atoms with Gasteiger partial charge in [0, 0.05) is 16.7 Å². The molecule has 1 amide bonds. The summed E-state index contributed by atoms with van der Waals surface area (Å²) in [4.78, 5) is 11.8. The van der Waals surface area contributed by atoms with Crippen molar-refractivity contribution in [1.82, 2.24) is 0 Å². The number of aliphatic hydroxyl groups excluding tert-OH is 1. The maximum atomic E-state index is 13.8. The molecule has 1 aliphatic rings. The maximum absolute atomic E-state index is 13.8. The summed E-state index contributed by atoms with van der Waals surface area (Å²) in [6, 6.07) is 7.64. The van der Waals surface area contributed by atoms with E-state index in [0.717, 1.165) is 12.1 Å². The molecule has 0 saturated heterocycles. The van der Waals surface area contributed by atoms with Gasteiger partial charge in [-0.3, -0.25) is 4.79 Å². The quantitative estimate of drug-likeness (QED) is 0.783. The van der Waals surface area contributed by atoms with Crippen LogP contribution in [0.1, 0.15) is 21.5 Å². The molecule has 1 aliphatic carbocycles. The Morgan fingerprint density at radius 1 is 1.20 bits per heavy atom. The van der Waals surface area contributed by atoms with Gasteiger partial charge in [-0.05, 0) is 17.7 Å². The molecule has 0 fully saturated rings. The number of hydrogen-bond donors (Lipinski definition) is 3. The Morgan fingerprint density at radius 3 is 2.48 bits per heavy atom. The van der Waals surface area contributed by atoms with Crippen LogP contribution in [0.2, 0.25) is 0 Å². The molecule has 0 saturated carbocycles. The third-order valence-corrected chi connectivity index (χ3v) is 4.12. The van der Waals surface area contributed by atoms with Crippen molar-refractivity contribution in [3.05, 3.63) is 53.1 Å². The summed E-state index contributed by atoms with van der Waals surface area (Å²) in [5.74, 6) is -1.05. The highest BCUT2D eigenvalue weighted by Crippen LogP contribution is 2.56. The Hall–Kier alpha value is -2.58. The number of rotatable bonds is 4. The predicted molar refractivity (Wildman–Crippen MR) is 82.0 cm³/mol. The molecule has 0 aliphatic heterocycles. The molecule has 5 nitrogen and oxygen atoms in total. The van der Waals surface area contributed by atoms with Crippen molar-refractivity contribution >= 4 is 5.91 Å². The lowest BCUT2D eigenvalue weighted by molar-refractivity contribution is -0.246. The number of nitrogens with two attached hydrogens (primary N) is 1. The van der Waals surface area contributed by atoms with E-state index in [-0.39, 0.29) is 41.2 Å². The van der Waals surface area contributed by atoms with Gasteiger partial charge in [0.1, 0.15) is 12.4 Å². The number of aliphatic hydroxyl groups is 2. The Kier molecular flexibility index (Phi) is 3.97. The molecule has 0 bridgehead atoms. The summed E-state index contributed by atoms with van der Waals surface area (Å²) >= 11 is 0. The van der Waals surface area contributed by atoms with Gasteiger partial charge in [-0.2, -0.15) is 13.2 Å². The molecule has 0 aromatic heterocycles. The van der Waals surface area contributed by atoms with E-state index in [0.29, 0.717) is 0 Å². The van der Waals surface area contributed by atoms with Crippen molar-refractivity contribution in [2.75, 3.05) is 13.2 Å². The summed E-state index contributed by atoms with van der Waals surface area (Å²) in [5.41, 5.74) is 0.961. The fraction of sp³-hybridized carbons (Fsp3) is 0.235. The van der Waals surface area contributed by atoms with Gasteiger partial charge in [-0.15, -0.1) is 0 Å². The van der Waals surface area contributed by atoms with E-state index in [1.54, 1.807) is 0 Å². The van der Waals surface area contributed by atoms with Crippen molar-refractivity contribution in [3.63, 3.8) is 0 Å². The third kappa shape index (κ3) is 2.45. The summed E-state index contributed by atoms with van der Waals surface area (Å²) in [5, 5.41) is 19.4. The first kappa shape index (κ1) is 17.2. The van der Waals surface area contributed by atoms with Crippen LogP contribution in [0.3, 0.4) is 0 Å². The number of carbonyl (C=O) groups excluding carboxylic acids is 1. The number of ether oxygens (including phenoxy) is 1. The molecule has 2 aromatic rings. The molecular weight excluding hydrogens is 339 g/mol. The van der Waals surface area contributed by atoms with Crippen LogP contribution in [0.15, 0.2) is 36.4 Å². The first-order valence-electron chi connectivity index (χ1n) is 7.32. The SMILES string of the molecule is NC(=O)c1cc(OCCO)cc2c1-c1ccccc1C2(O)C(F)(F)F. The number of amides is 1. The fourth-order valence-corrected chi connectivity index (χ4v) is 3.10. The lowest BCUT2D eigenvalue weighted by Gasteiger charge is -2.28. The monoisotopic (exact) mass is 353 g/mol. The number of alkyl halides is 3. The summed E-state index contributed by atoms with van der Waals surface area (Å²) in [6.07, 6.45) is -5.03. The highest BCUT2D eigenvalue weighted by atomic mass is 19.4. The highest BCUT2D eigenvalue weighted by molar-refractivity contribution is 6.03. The zero-order valence-electron chi connectivity index (χ0n) is 12.8. The standard InChI is InChI=1S/C17H14F3NO4/c18-17(19,20)16(24)12-4-2-1-3-10(12)14-11(15(21)23)7-9(8-13(14)16)25-6-5-22/h1-4,7-8,22,24H,5-6H2,(H2,21,23). The van der Waals surface area contributed by atoms with Gasteiger partial charge in [0.2, 0.25) is 11.5 Å². The van der Waals surface area contributed by atoms with Crippen LogP contribution >= 0.6 is 0 Å². The van der Waals surface area contributed by atoms with Crippen LogP contribution in [0.5, 0.6) is 5.75 Å². The number of benzene rings is 2. The van der Waals surface area contributed by atoms with Crippen LogP contribution in [-0.2, 0) is 5.60 Å². The molecule has 4 N–H and O–H groups in total. The molecule has 25 heavy (non-hydrogen) atoms. The average molecular weight is 353 g/mol. The van der Waals surface area contributed by atoms with Crippen molar-refractivity contribution in [1.29, 1.82) is 0 Å². The minimum absolute atomic E-state index is 0.0701. The molecular formula is C17H14F3NO4. The molecule has 8 heteroatoms. The van der Waals surface area contributed by atoms with Crippen LogP contribution in [-0.4, -0.2) is 35.5 Å². The smallest absolute Gasteiger partial charge is 0.425 e. The zero-order chi connectivity index (χ0) is 18.4. The molecule has 0 radical (unpaired) electrons. The van der Waals surface area contributed by atoms with Gasteiger partial charge >= 0.3 is 6.18 Å². The van der Waals surface area contributed by atoms with Gasteiger partial charge in [0.25, 0.3) is 0 Å². The summed E-state index contributed by atoms with van der Waals surface area (Å²) in [7, 11) is 0. The normalized spacial score (nSPS) is 18.6. The van der Waals surface area contributed by atoms with Crippen LogP contribution in [0.4, 0.5) is 13.2 Å². The predicted octanol–water partition coefficient (Wildman–Crippen LogP) is 1.94. The molecule has 3 rings (SSSR count). The Labute approximate surface area is 140 Å². The zero-order valence-corrected chi connectivity index (χ0v) is 12.8. The summed E-state index contributed by atoms with van der Waals surface area (Å²) in [6.45, 7) is -0.554. The molecule has 1 unspecified atom stereocenters. The third-order valence-electron chi connectivity index (χ3n) is 4.12. The maximum Gasteiger partial charge on any atom is 0.425 e. The number of halogens is 3. The van der Waals surface area contributed by atoms with Gasteiger partial charge in [0.05, 0.1) is 12.2 Å². The number of carbonyl (C=O) groups is 1. The fourth-order valence-electron chi connectivity index (χ4n) is 3.10. The van der Waals surface area contributed by atoms with E-state index < -0.39 is 23.2 Å². The van der Waals surface area contributed by atoms with E-state index in [1.165, 1.54) is 24.3 Å². The minimum Gasteiger partial charge on any atom is -0.491 e. The van der Waals surface area contributed by atoms with E-state index in [1.807, 2.05) is 0 Å². The van der Waals surface area contributed by atoms with Gasteiger partial charge in [-0.1, -0.05) is 24.3 Å². The first-order valence-corrected chi connectivity index (χ1v) is 7.32. The van der Waals surface area contributed by atoms with Crippen LogP contribution in [0, 0.1) is 0 Å². The van der Waals surface area contributed by atoms with E-state index >= 15 is 0 Å². The Morgan fingerprint density at radius 2 is 1.88 bits per heavy atom. The minimum atomic E-state index is -5.03. The number of hydrogen-bond acceptors (Lipinski definition) is 4. The van der Waals surface area contributed by atoms with E-state index in [9.17, 15) is 23.1 Å². The largest absolute Gasteiger partial charge is 0.491 e. The molecule has 0 spiro atoms. The van der Waals surface area contributed by atoms with Crippen LogP contribution in [0.25, 0.3) is 11.1 Å². The molecule has 0 heterocycles. The second-order valence-corrected chi connectivity index (χ2v) is 5.58. The Balaban J connectivity index is 2.37. The second-order valence-electron chi connectivity index (χ2n) is 5.58. The lowest BCUT2D eigenvalue weighted by Crippen LogP contribution is -2.41. The summed E-state index contributed by atoms with van der Waals surface area (Å²) < 4.78 is 46.5. The van der Waals surface area contributed by atoms with Gasteiger partial charge < -0.3 is 20.7 Å². The lowest BCUT2D eigenvalue weighted by atomic mass is 9.90. The number of primary amides is 1. The molecule has 2 aromatic carbocycles. The van der Waals surface area contributed by atoms with Crippen molar-refractivity contribution in [3.8, 4) is 16.9 Å². The average Bonchev–Trinajstić information content (AvgIpc) is 2.83. The van der Waals surface area contributed by atoms with Gasteiger partial charge in [-0.25, -0.2) is 0 Å². The van der Waals surface area contributed by atoms with Gasteiger partial charge in [0.15, 0.2) is 0 Å². The van der Waals surface area contributed by atoms with Crippen molar-refractivity contribution < 1.29 is 32.9 Å². The van der Waals surface area contributed by atoms with Crippen molar-refractivity contribution in [2.24, 2.45) is 5.73 Å². The van der Waals surface area contributed by atoms with E-state index in [4.69, 9.17) is 15.6 Å². The first-order chi connectivity index (χ1) is 11.7. The van der Waals surface area contributed by atoms with E-state index in [2.05, 4.69) is 0 Å². The molecule has 1 atom stereocenters. The second kappa shape index (κ2) is 5.75. The van der Waals surface area contributed by atoms with Crippen molar-refractivity contribution in [2.45, 2.75) is 11.8 Å². The topological polar surface area (TPSA) is 92.8 Å². The van der Waals surface area contributed by atoms with Crippen LogP contribution < -0.4 is 10.5 Å². The Bertz CT molecular complexity index is 850. The number of fused-ring (bicyclic) bond motifs is 3.